The van der Waals surface area contributed by atoms with Gasteiger partial charge in [0, 0.05) is 11.4 Å². The molecule has 0 spiro atoms. The van der Waals surface area contributed by atoms with Crippen molar-refractivity contribution in [2.45, 2.75) is 44.1 Å². The van der Waals surface area contributed by atoms with E-state index in [0.29, 0.717) is 17.4 Å². The van der Waals surface area contributed by atoms with Crippen LogP contribution in [0.4, 0.5) is 0 Å². The van der Waals surface area contributed by atoms with Crippen molar-refractivity contribution in [1.82, 2.24) is 10.6 Å². The van der Waals surface area contributed by atoms with Gasteiger partial charge in [0.15, 0.2) is 0 Å². The topological polar surface area (TPSA) is 98.7 Å². The zero-order chi connectivity index (χ0) is 22.4. The molecule has 9 heteroatoms. The SMILES string of the molecule is O=C(N[C@@H](Cc1ccccc1)C(=O)NC(CC1CCC1)B(O)O)c1cc(Cl)ccc1Cl. The third-order valence-corrected chi connectivity index (χ3v) is 6.14. The third kappa shape index (κ3) is 6.71. The zero-order valence-electron chi connectivity index (χ0n) is 16.9. The molecule has 0 radical (unpaired) electrons. The maximum absolute atomic E-state index is 13.1. The van der Waals surface area contributed by atoms with Gasteiger partial charge in [-0.25, -0.2) is 0 Å². The number of hydrogen-bond donors (Lipinski definition) is 4. The van der Waals surface area contributed by atoms with E-state index in [-0.39, 0.29) is 17.0 Å². The number of rotatable bonds is 9. The Hall–Kier alpha value is -2.06. The predicted octanol–water partition coefficient (Wildman–Crippen LogP) is 3.02. The van der Waals surface area contributed by atoms with Crippen molar-refractivity contribution in [3.63, 3.8) is 0 Å². The van der Waals surface area contributed by atoms with Crippen molar-refractivity contribution >= 4 is 42.1 Å². The number of halogens is 2. The van der Waals surface area contributed by atoms with Gasteiger partial charge in [-0.3, -0.25) is 9.59 Å². The average Bonchev–Trinajstić information content (AvgIpc) is 2.71. The van der Waals surface area contributed by atoms with Gasteiger partial charge >= 0.3 is 7.12 Å². The predicted molar refractivity (Wildman–Crippen MR) is 122 cm³/mol. The summed E-state index contributed by atoms with van der Waals surface area (Å²) in [5.74, 6) is -1.47. The molecule has 2 amide bonds. The van der Waals surface area contributed by atoms with Crippen molar-refractivity contribution in [2.24, 2.45) is 5.92 Å². The zero-order valence-corrected chi connectivity index (χ0v) is 18.4. The van der Waals surface area contributed by atoms with Gasteiger partial charge in [-0.2, -0.15) is 0 Å². The Labute approximate surface area is 192 Å². The van der Waals surface area contributed by atoms with Crippen LogP contribution >= 0.6 is 23.2 Å². The molecule has 1 unspecified atom stereocenters. The molecule has 0 bridgehead atoms. The van der Waals surface area contributed by atoms with Gasteiger partial charge in [-0.1, -0.05) is 72.8 Å². The highest BCUT2D eigenvalue weighted by Gasteiger charge is 2.33. The van der Waals surface area contributed by atoms with Crippen molar-refractivity contribution < 1.29 is 19.6 Å². The molecule has 31 heavy (non-hydrogen) atoms. The summed E-state index contributed by atoms with van der Waals surface area (Å²) in [5, 5.41) is 25.5. The van der Waals surface area contributed by atoms with Crippen LogP contribution in [0.2, 0.25) is 10.0 Å². The molecule has 1 saturated carbocycles. The van der Waals surface area contributed by atoms with Crippen LogP contribution in [-0.2, 0) is 11.2 Å². The molecule has 2 aromatic carbocycles. The van der Waals surface area contributed by atoms with E-state index in [9.17, 15) is 19.6 Å². The van der Waals surface area contributed by atoms with Crippen LogP contribution in [0.25, 0.3) is 0 Å². The van der Waals surface area contributed by atoms with Crippen LogP contribution in [0.1, 0.15) is 41.6 Å². The average molecular weight is 463 g/mol. The van der Waals surface area contributed by atoms with E-state index in [4.69, 9.17) is 23.2 Å². The van der Waals surface area contributed by atoms with Gasteiger partial charge in [0.05, 0.1) is 16.5 Å². The van der Waals surface area contributed by atoms with Crippen molar-refractivity contribution in [2.75, 3.05) is 0 Å². The number of hydrogen-bond acceptors (Lipinski definition) is 4. The van der Waals surface area contributed by atoms with Gasteiger partial charge in [0.2, 0.25) is 5.91 Å². The van der Waals surface area contributed by atoms with E-state index in [1.54, 1.807) is 6.07 Å². The Morgan fingerprint density at radius 2 is 1.77 bits per heavy atom. The monoisotopic (exact) mass is 462 g/mol. The fraction of sp³-hybridized carbons (Fsp3) is 0.364. The summed E-state index contributed by atoms with van der Waals surface area (Å²) in [4.78, 5) is 25.9. The summed E-state index contributed by atoms with van der Waals surface area (Å²) in [5.41, 5.74) is 1.01. The quantitative estimate of drug-likeness (QED) is 0.430. The van der Waals surface area contributed by atoms with Crippen LogP contribution in [0.3, 0.4) is 0 Å². The minimum absolute atomic E-state index is 0.160. The number of benzene rings is 2. The Kier molecular flexibility index (Phi) is 8.38. The molecule has 0 heterocycles. The maximum atomic E-state index is 13.1. The first-order chi connectivity index (χ1) is 14.8. The number of carbonyl (C=O) groups excluding carboxylic acids is 2. The molecular formula is C22H25BCl2N2O4. The molecule has 3 rings (SSSR count). The Morgan fingerprint density at radius 1 is 1.06 bits per heavy atom. The summed E-state index contributed by atoms with van der Waals surface area (Å²) in [7, 11) is -1.68. The first kappa shape index (κ1) is 23.6. The molecule has 0 aliphatic heterocycles. The van der Waals surface area contributed by atoms with Crippen LogP contribution in [0.5, 0.6) is 0 Å². The Bertz CT molecular complexity index is 910. The molecule has 2 atom stereocenters. The molecule has 1 aliphatic rings. The fourth-order valence-corrected chi connectivity index (χ4v) is 3.97. The lowest BCUT2D eigenvalue weighted by atomic mass is 9.69. The van der Waals surface area contributed by atoms with Crippen molar-refractivity contribution in [3.8, 4) is 0 Å². The summed E-state index contributed by atoms with van der Waals surface area (Å²) in [6, 6.07) is 12.8. The lowest BCUT2D eigenvalue weighted by molar-refractivity contribution is -0.123. The molecule has 1 fully saturated rings. The summed E-state index contributed by atoms with van der Waals surface area (Å²) in [6.45, 7) is 0. The Morgan fingerprint density at radius 3 is 2.39 bits per heavy atom. The maximum Gasteiger partial charge on any atom is 0.475 e. The lowest BCUT2D eigenvalue weighted by Crippen LogP contribution is -2.55. The second-order valence-electron chi connectivity index (χ2n) is 7.90. The minimum atomic E-state index is -1.68. The van der Waals surface area contributed by atoms with Gasteiger partial charge < -0.3 is 20.7 Å². The van der Waals surface area contributed by atoms with Crippen LogP contribution in [0, 0.1) is 5.92 Å². The summed E-state index contributed by atoms with van der Waals surface area (Å²) >= 11 is 12.1. The number of nitrogens with one attached hydrogen (secondary N) is 2. The van der Waals surface area contributed by atoms with E-state index in [1.165, 1.54) is 12.1 Å². The van der Waals surface area contributed by atoms with Crippen LogP contribution < -0.4 is 10.6 Å². The molecule has 0 aromatic heterocycles. The normalized spacial score (nSPS) is 15.5. The summed E-state index contributed by atoms with van der Waals surface area (Å²) in [6.07, 6.45) is 3.84. The lowest BCUT2D eigenvalue weighted by Gasteiger charge is -2.30. The standard InChI is InChI=1S/C22H25BCl2N2O4/c24-16-9-10-18(25)17(13-16)21(28)26-19(11-14-5-2-1-3-6-14)22(29)27-20(23(30)31)12-15-7-4-8-15/h1-3,5-6,9-10,13,15,19-20,30-31H,4,7-8,11-12H2,(H,26,28)(H,27,29)/t19-,20?/m0/s1. The highest BCUT2D eigenvalue weighted by atomic mass is 35.5. The second-order valence-corrected chi connectivity index (χ2v) is 8.74. The Balaban J connectivity index is 1.76. The smallest absolute Gasteiger partial charge is 0.426 e. The van der Waals surface area contributed by atoms with Gasteiger partial charge in [0.1, 0.15) is 6.04 Å². The fourth-order valence-electron chi connectivity index (χ4n) is 3.59. The molecule has 0 saturated heterocycles. The van der Waals surface area contributed by atoms with Gasteiger partial charge in [-0.05, 0) is 36.1 Å². The van der Waals surface area contributed by atoms with Gasteiger partial charge in [-0.15, -0.1) is 0 Å². The molecule has 4 N–H and O–H groups in total. The van der Waals surface area contributed by atoms with Crippen molar-refractivity contribution in [3.05, 3.63) is 69.7 Å². The van der Waals surface area contributed by atoms with E-state index in [0.717, 1.165) is 24.8 Å². The van der Waals surface area contributed by atoms with E-state index in [2.05, 4.69) is 10.6 Å². The molecular weight excluding hydrogens is 438 g/mol. The number of amides is 2. The largest absolute Gasteiger partial charge is 0.475 e. The van der Waals surface area contributed by atoms with E-state index >= 15 is 0 Å². The minimum Gasteiger partial charge on any atom is -0.426 e. The molecule has 2 aromatic rings. The van der Waals surface area contributed by atoms with Crippen molar-refractivity contribution in [1.29, 1.82) is 0 Å². The van der Waals surface area contributed by atoms with Crippen LogP contribution in [0.15, 0.2) is 48.5 Å². The highest BCUT2D eigenvalue weighted by Crippen LogP contribution is 2.30. The molecule has 1 aliphatic carbocycles. The third-order valence-electron chi connectivity index (χ3n) is 5.58. The summed E-state index contributed by atoms with van der Waals surface area (Å²) < 4.78 is 0. The molecule has 6 nitrogen and oxygen atoms in total. The number of carbonyl (C=O) groups is 2. The van der Waals surface area contributed by atoms with E-state index < -0.39 is 30.9 Å². The van der Waals surface area contributed by atoms with Gasteiger partial charge in [0.25, 0.3) is 5.91 Å². The second kappa shape index (κ2) is 11.0. The first-order valence-corrected chi connectivity index (χ1v) is 11.1. The van der Waals surface area contributed by atoms with E-state index in [1.807, 2.05) is 30.3 Å². The van der Waals surface area contributed by atoms with Crippen LogP contribution in [-0.4, -0.2) is 41.0 Å². The first-order valence-electron chi connectivity index (χ1n) is 10.3. The highest BCUT2D eigenvalue weighted by molar-refractivity contribution is 6.43. The molecule has 164 valence electrons.